The normalized spacial score (nSPS) is 12.1. The van der Waals surface area contributed by atoms with Crippen molar-refractivity contribution in [2.75, 3.05) is 5.32 Å². The van der Waals surface area contributed by atoms with E-state index in [0.29, 0.717) is 0 Å². The van der Waals surface area contributed by atoms with Crippen molar-refractivity contribution in [3.8, 4) is 5.69 Å². The van der Waals surface area contributed by atoms with Gasteiger partial charge in [-0.15, -0.1) is 0 Å². The first kappa shape index (κ1) is 13.9. The fourth-order valence-electron chi connectivity index (χ4n) is 2.25. The standard InChI is InChI=1S/C17H16BrN3/c1-13(14-5-7-15(18)8-6-14)20-16-3-2-4-17(11-16)21-10-9-19-12-21/h2-13,20H,1H3. The van der Waals surface area contributed by atoms with Gasteiger partial charge in [-0.1, -0.05) is 34.1 Å². The van der Waals surface area contributed by atoms with Crippen molar-refractivity contribution in [2.24, 2.45) is 0 Å². The first-order chi connectivity index (χ1) is 10.2. The molecule has 0 spiro atoms. The maximum absolute atomic E-state index is 4.08. The highest BCUT2D eigenvalue weighted by Gasteiger charge is 2.06. The van der Waals surface area contributed by atoms with Crippen LogP contribution in [0.1, 0.15) is 18.5 Å². The summed E-state index contributed by atoms with van der Waals surface area (Å²) in [5, 5.41) is 3.53. The highest BCUT2D eigenvalue weighted by Crippen LogP contribution is 2.22. The van der Waals surface area contributed by atoms with Gasteiger partial charge in [0.2, 0.25) is 0 Å². The molecule has 1 heterocycles. The van der Waals surface area contributed by atoms with E-state index in [-0.39, 0.29) is 6.04 Å². The van der Waals surface area contributed by atoms with Crippen LogP contribution in [0.25, 0.3) is 5.69 Å². The Morgan fingerprint density at radius 2 is 1.95 bits per heavy atom. The highest BCUT2D eigenvalue weighted by atomic mass is 79.9. The van der Waals surface area contributed by atoms with Crippen LogP contribution >= 0.6 is 15.9 Å². The van der Waals surface area contributed by atoms with E-state index < -0.39 is 0 Å². The van der Waals surface area contributed by atoms with Crippen molar-refractivity contribution in [3.63, 3.8) is 0 Å². The molecule has 1 atom stereocenters. The molecule has 1 unspecified atom stereocenters. The second-order valence-corrected chi connectivity index (χ2v) is 5.85. The van der Waals surface area contributed by atoms with Gasteiger partial charge >= 0.3 is 0 Å². The lowest BCUT2D eigenvalue weighted by molar-refractivity contribution is 0.883. The number of rotatable bonds is 4. The lowest BCUT2D eigenvalue weighted by Gasteiger charge is -2.16. The predicted octanol–water partition coefficient (Wildman–Crippen LogP) is 4.81. The van der Waals surface area contributed by atoms with E-state index in [2.05, 4.69) is 75.6 Å². The Balaban J connectivity index is 1.78. The Labute approximate surface area is 132 Å². The molecule has 0 saturated heterocycles. The SMILES string of the molecule is CC(Nc1cccc(-n2ccnc2)c1)c1ccc(Br)cc1. The van der Waals surface area contributed by atoms with Gasteiger partial charge in [-0.05, 0) is 42.8 Å². The average molecular weight is 342 g/mol. The summed E-state index contributed by atoms with van der Waals surface area (Å²) in [7, 11) is 0. The van der Waals surface area contributed by atoms with E-state index in [1.54, 1.807) is 12.5 Å². The molecule has 3 nitrogen and oxygen atoms in total. The van der Waals surface area contributed by atoms with Gasteiger partial charge in [-0.2, -0.15) is 0 Å². The average Bonchev–Trinajstić information content (AvgIpc) is 3.02. The van der Waals surface area contributed by atoms with Crippen molar-refractivity contribution in [1.29, 1.82) is 0 Å². The Morgan fingerprint density at radius 1 is 1.14 bits per heavy atom. The molecule has 0 aliphatic rings. The summed E-state index contributed by atoms with van der Waals surface area (Å²) in [5.41, 5.74) is 3.45. The number of nitrogens with one attached hydrogen (secondary N) is 1. The third kappa shape index (κ3) is 3.34. The smallest absolute Gasteiger partial charge is 0.0991 e. The van der Waals surface area contributed by atoms with Crippen LogP contribution in [-0.4, -0.2) is 9.55 Å². The number of nitrogens with zero attached hydrogens (tertiary/aromatic N) is 2. The van der Waals surface area contributed by atoms with Gasteiger partial charge in [0.05, 0.1) is 6.33 Å². The van der Waals surface area contributed by atoms with E-state index in [1.165, 1.54) is 5.56 Å². The van der Waals surface area contributed by atoms with Crippen LogP contribution in [0.3, 0.4) is 0 Å². The van der Waals surface area contributed by atoms with E-state index in [1.807, 2.05) is 16.8 Å². The molecule has 3 aromatic rings. The highest BCUT2D eigenvalue weighted by molar-refractivity contribution is 9.10. The Kier molecular flexibility index (Phi) is 4.06. The number of imidazole rings is 1. The van der Waals surface area contributed by atoms with E-state index in [9.17, 15) is 0 Å². The van der Waals surface area contributed by atoms with Crippen molar-refractivity contribution in [2.45, 2.75) is 13.0 Å². The Bertz CT molecular complexity index is 705. The summed E-state index contributed by atoms with van der Waals surface area (Å²) in [6.45, 7) is 2.16. The maximum atomic E-state index is 4.08. The molecule has 0 aliphatic heterocycles. The van der Waals surface area contributed by atoms with Crippen LogP contribution in [0, 0.1) is 0 Å². The zero-order chi connectivity index (χ0) is 14.7. The van der Waals surface area contributed by atoms with Gasteiger partial charge in [-0.25, -0.2) is 4.98 Å². The number of benzene rings is 2. The maximum Gasteiger partial charge on any atom is 0.0991 e. The van der Waals surface area contributed by atoms with Crippen molar-refractivity contribution in [1.82, 2.24) is 9.55 Å². The van der Waals surface area contributed by atoms with Gasteiger partial charge in [-0.3, -0.25) is 0 Å². The fraction of sp³-hybridized carbons (Fsp3) is 0.118. The second-order valence-electron chi connectivity index (χ2n) is 4.94. The molecule has 0 saturated carbocycles. The lowest BCUT2D eigenvalue weighted by atomic mass is 10.1. The van der Waals surface area contributed by atoms with Crippen LogP contribution in [0.4, 0.5) is 5.69 Å². The molecule has 0 amide bonds. The van der Waals surface area contributed by atoms with Crippen molar-refractivity contribution >= 4 is 21.6 Å². The van der Waals surface area contributed by atoms with Crippen LogP contribution in [-0.2, 0) is 0 Å². The van der Waals surface area contributed by atoms with Gasteiger partial charge < -0.3 is 9.88 Å². The summed E-state index contributed by atoms with van der Waals surface area (Å²) in [6, 6.07) is 16.9. The van der Waals surface area contributed by atoms with Crippen LogP contribution in [0.5, 0.6) is 0 Å². The van der Waals surface area contributed by atoms with Gasteiger partial charge in [0.15, 0.2) is 0 Å². The van der Waals surface area contributed by atoms with Crippen molar-refractivity contribution in [3.05, 3.63) is 77.3 Å². The molecule has 0 radical (unpaired) electrons. The summed E-state index contributed by atoms with van der Waals surface area (Å²) in [4.78, 5) is 4.08. The van der Waals surface area contributed by atoms with E-state index >= 15 is 0 Å². The zero-order valence-electron chi connectivity index (χ0n) is 11.7. The largest absolute Gasteiger partial charge is 0.378 e. The third-order valence-corrected chi connectivity index (χ3v) is 3.93. The molecular weight excluding hydrogens is 326 g/mol. The molecule has 0 fully saturated rings. The molecule has 21 heavy (non-hydrogen) atoms. The van der Waals surface area contributed by atoms with Crippen LogP contribution in [0.2, 0.25) is 0 Å². The predicted molar refractivity (Wildman–Crippen MR) is 89.7 cm³/mol. The van der Waals surface area contributed by atoms with Crippen LogP contribution < -0.4 is 5.32 Å². The first-order valence-electron chi connectivity index (χ1n) is 6.83. The molecule has 1 N–H and O–H groups in total. The van der Waals surface area contributed by atoms with Gasteiger partial charge in [0.25, 0.3) is 0 Å². The topological polar surface area (TPSA) is 29.9 Å². The molecule has 3 rings (SSSR count). The number of hydrogen-bond acceptors (Lipinski definition) is 2. The Morgan fingerprint density at radius 3 is 2.67 bits per heavy atom. The summed E-state index contributed by atoms with van der Waals surface area (Å²) in [6.07, 6.45) is 5.53. The van der Waals surface area contributed by atoms with Crippen LogP contribution in [0.15, 0.2) is 71.7 Å². The molecular formula is C17H16BrN3. The minimum atomic E-state index is 0.246. The van der Waals surface area contributed by atoms with Gasteiger partial charge in [0, 0.05) is 34.3 Å². The van der Waals surface area contributed by atoms with E-state index in [0.717, 1.165) is 15.8 Å². The van der Waals surface area contributed by atoms with E-state index in [4.69, 9.17) is 0 Å². The first-order valence-corrected chi connectivity index (χ1v) is 7.62. The minimum absolute atomic E-state index is 0.246. The number of aromatic nitrogens is 2. The fourth-order valence-corrected chi connectivity index (χ4v) is 2.52. The number of halogens is 1. The molecule has 106 valence electrons. The quantitative estimate of drug-likeness (QED) is 0.738. The number of anilines is 1. The summed E-state index contributed by atoms with van der Waals surface area (Å²) in [5.74, 6) is 0. The molecule has 1 aromatic heterocycles. The summed E-state index contributed by atoms with van der Waals surface area (Å²) >= 11 is 3.46. The summed E-state index contributed by atoms with van der Waals surface area (Å²) < 4.78 is 3.09. The molecule has 0 bridgehead atoms. The molecule has 4 heteroatoms. The lowest BCUT2D eigenvalue weighted by Crippen LogP contribution is -2.06. The molecule has 2 aromatic carbocycles. The van der Waals surface area contributed by atoms with Crippen molar-refractivity contribution < 1.29 is 0 Å². The Hall–Kier alpha value is -2.07. The number of hydrogen-bond donors (Lipinski definition) is 1. The second kappa shape index (κ2) is 6.14. The zero-order valence-corrected chi connectivity index (χ0v) is 13.3. The minimum Gasteiger partial charge on any atom is -0.378 e. The third-order valence-electron chi connectivity index (χ3n) is 3.40. The molecule has 0 aliphatic carbocycles. The monoisotopic (exact) mass is 341 g/mol. The van der Waals surface area contributed by atoms with Gasteiger partial charge in [0.1, 0.15) is 0 Å².